The maximum Gasteiger partial charge on any atom is 0.310 e. The Hall–Kier alpha value is -1.59. The lowest BCUT2D eigenvalue weighted by Gasteiger charge is -2.08. The Labute approximate surface area is 90.2 Å². The molecule has 1 heterocycles. The monoisotopic (exact) mass is 233 g/mol. The van der Waals surface area contributed by atoms with Crippen LogP contribution in [0.4, 0.5) is 13.2 Å². The second-order valence-corrected chi connectivity index (χ2v) is 3.19. The second kappa shape index (κ2) is 4.96. The standard InChI is InChI=1S/C10H10F3NO2/c1-5-3-6(4-7(15)16-2)8(9(11)12)14-10(5)13/h3,9H,4H2,1-2H3. The molecule has 0 saturated heterocycles. The van der Waals surface area contributed by atoms with Crippen molar-refractivity contribution in [2.24, 2.45) is 0 Å². The molecule has 3 nitrogen and oxygen atoms in total. The maximum absolute atomic E-state index is 13.0. The van der Waals surface area contributed by atoms with E-state index in [-0.39, 0.29) is 17.5 Å². The molecule has 0 saturated carbocycles. The Morgan fingerprint density at radius 1 is 1.56 bits per heavy atom. The van der Waals surface area contributed by atoms with Crippen LogP contribution in [0.5, 0.6) is 0 Å². The molecule has 0 aliphatic rings. The highest BCUT2D eigenvalue weighted by atomic mass is 19.3. The number of alkyl halides is 2. The molecule has 88 valence electrons. The second-order valence-electron chi connectivity index (χ2n) is 3.19. The first kappa shape index (κ1) is 12.5. The van der Waals surface area contributed by atoms with Gasteiger partial charge in [0.15, 0.2) is 0 Å². The van der Waals surface area contributed by atoms with Crippen molar-refractivity contribution in [3.63, 3.8) is 0 Å². The van der Waals surface area contributed by atoms with Crippen LogP contribution in [-0.4, -0.2) is 18.1 Å². The summed E-state index contributed by atoms with van der Waals surface area (Å²) in [5.41, 5.74) is -0.613. The summed E-state index contributed by atoms with van der Waals surface area (Å²) in [6, 6.07) is 1.18. The van der Waals surface area contributed by atoms with E-state index < -0.39 is 24.0 Å². The van der Waals surface area contributed by atoms with Crippen LogP contribution in [0, 0.1) is 12.9 Å². The maximum atomic E-state index is 13.0. The number of nitrogens with zero attached hydrogens (tertiary/aromatic N) is 1. The summed E-state index contributed by atoms with van der Waals surface area (Å²) in [6.07, 6.45) is -3.26. The predicted molar refractivity (Wildman–Crippen MR) is 49.6 cm³/mol. The number of rotatable bonds is 3. The molecule has 0 atom stereocenters. The summed E-state index contributed by atoms with van der Waals surface area (Å²) in [7, 11) is 1.15. The van der Waals surface area contributed by atoms with Gasteiger partial charge in [-0.05, 0) is 18.6 Å². The molecular formula is C10H10F3NO2. The van der Waals surface area contributed by atoms with Crippen LogP contribution in [0.2, 0.25) is 0 Å². The number of esters is 1. The zero-order chi connectivity index (χ0) is 12.3. The van der Waals surface area contributed by atoms with Crippen LogP contribution >= 0.6 is 0 Å². The van der Waals surface area contributed by atoms with Crippen molar-refractivity contribution in [3.05, 3.63) is 28.8 Å². The SMILES string of the molecule is COC(=O)Cc1cc(C)c(F)nc1C(F)F. The van der Waals surface area contributed by atoms with Gasteiger partial charge >= 0.3 is 5.97 Å². The van der Waals surface area contributed by atoms with Crippen molar-refractivity contribution in [1.82, 2.24) is 4.98 Å². The van der Waals surface area contributed by atoms with Gasteiger partial charge < -0.3 is 4.74 Å². The molecule has 0 aromatic carbocycles. The molecule has 0 radical (unpaired) electrons. The zero-order valence-electron chi connectivity index (χ0n) is 8.76. The van der Waals surface area contributed by atoms with Crippen LogP contribution < -0.4 is 0 Å². The average Bonchev–Trinajstić information content (AvgIpc) is 2.22. The summed E-state index contributed by atoms with van der Waals surface area (Å²) < 4.78 is 42.4. The van der Waals surface area contributed by atoms with Crippen LogP contribution in [-0.2, 0) is 16.0 Å². The van der Waals surface area contributed by atoms with Gasteiger partial charge in [-0.25, -0.2) is 13.8 Å². The van der Waals surface area contributed by atoms with Crippen molar-refractivity contribution in [1.29, 1.82) is 0 Å². The molecule has 0 unspecified atom stereocenters. The molecule has 1 aromatic rings. The molecule has 0 fully saturated rings. The van der Waals surface area contributed by atoms with Gasteiger partial charge in [0.2, 0.25) is 5.95 Å². The van der Waals surface area contributed by atoms with Crippen LogP contribution in [0.15, 0.2) is 6.07 Å². The van der Waals surface area contributed by atoms with E-state index >= 15 is 0 Å². The Morgan fingerprint density at radius 3 is 2.69 bits per heavy atom. The Kier molecular flexibility index (Phi) is 3.87. The van der Waals surface area contributed by atoms with Crippen molar-refractivity contribution in [3.8, 4) is 0 Å². The molecule has 1 rings (SSSR count). The van der Waals surface area contributed by atoms with Gasteiger partial charge in [-0.1, -0.05) is 0 Å². The number of hydrogen-bond donors (Lipinski definition) is 0. The quantitative estimate of drug-likeness (QED) is 0.593. The van der Waals surface area contributed by atoms with E-state index in [0.717, 1.165) is 7.11 Å². The van der Waals surface area contributed by atoms with Crippen molar-refractivity contribution in [2.75, 3.05) is 7.11 Å². The van der Waals surface area contributed by atoms with E-state index in [4.69, 9.17) is 0 Å². The van der Waals surface area contributed by atoms with Crippen molar-refractivity contribution in [2.45, 2.75) is 19.8 Å². The number of halogens is 3. The summed E-state index contributed by atoms with van der Waals surface area (Å²) in [6.45, 7) is 1.39. The highest BCUT2D eigenvalue weighted by Gasteiger charge is 2.19. The minimum absolute atomic E-state index is 0.0132. The lowest BCUT2D eigenvalue weighted by Crippen LogP contribution is -2.10. The van der Waals surface area contributed by atoms with Crippen LogP contribution in [0.25, 0.3) is 0 Å². The summed E-state index contributed by atoms with van der Waals surface area (Å²) >= 11 is 0. The average molecular weight is 233 g/mol. The zero-order valence-corrected chi connectivity index (χ0v) is 8.76. The van der Waals surface area contributed by atoms with Gasteiger partial charge in [0, 0.05) is 5.56 Å². The van der Waals surface area contributed by atoms with Crippen molar-refractivity contribution >= 4 is 5.97 Å². The van der Waals surface area contributed by atoms with Gasteiger partial charge in [-0.2, -0.15) is 4.39 Å². The number of methoxy groups -OCH3 is 1. The molecule has 1 aromatic heterocycles. The van der Waals surface area contributed by atoms with Gasteiger partial charge in [-0.15, -0.1) is 0 Å². The topological polar surface area (TPSA) is 39.2 Å². The molecule has 0 amide bonds. The smallest absolute Gasteiger partial charge is 0.310 e. The number of carbonyl (C=O) groups excluding carboxylic acids is 1. The summed E-state index contributed by atoms with van der Waals surface area (Å²) in [4.78, 5) is 14.1. The summed E-state index contributed by atoms with van der Waals surface area (Å²) in [5.74, 6) is -1.63. The third kappa shape index (κ3) is 2.71. The first-order chi connectivity index (χ1) is 7.45. The van der Waals surface area contributed by atoms with Gasteiger partial charge in [0.1, 0.15) is 5.69 Å². The van der Waals surface area contributed by atoms with Gasteiger partial charge in [-0.3, -0.25) is 4.79 Å². The van der Waals surface area contributed by atoms with E-state index in [9.17, 15) is 18.0 Å². The van der Waals surface area contributed by atoms with E-state index in [1.807, 2.05) is 0 Å². The number of carbonyl (C=O) groups is 1. The number of aromatic nitrogens is 1. The van der Waals surface area contributed by atoms with Gasteiger partial charge in [0.25, 0.3) is 6.43 Å². The normalized spacial score (nSPS) is 10.6. The largest absolute Gasteiger partial charge is 0.469 e. The molecule has 0 bridgehead atoms. The van der Waals surface area contributed by atoms with Crippen LogP contribution in [0.3, 0.4) is 0 Å². The molecule has 0 aliphatic heterocycles. The molecule has 6 heteroatoms. The van der Waals surface area contributed by atoms with E-state index in [1.54, 1.807) is 0 Å². The van der Waals surface area contributed by atoms with Crippen molar-refractivity contribution < 1.29 is 22.7 Å². The van der Waals surface area contributed by atoms with E-state index in [1.165, 1.54) is 13.0 Å². The lowest BCUT2D eigenvalue weighted by molar-refractivity contribution is -0.139. The highest BCUT2D eigenvalue weighted by molar-refractivity contribution is 5.72. The Morgan fingerprint density at radius 2 is 2.19 bits per heavy atom. The fourth-order valence-corrected chi connectivity index (χ4v) is 1.22. The number of pyridine rings is 1. The summed E-state index contributed by atoms with van der Waals surface area (Å²) in [5, 5.41) is 0. The van der Waals surface area contributed by atoms with E-state index in [0.29, 0.717) is 0 Å². The number of aryl methyl sites for hydroxylation is 1. The highest BCUT2D eigenvalue weighted by Crippen LogP contribution is 2.23. The first-order valence-corrected chi connectivity index (χ1v) is 4.46. The fourth-order valence-electron chi connectivity index (χ4n) is 1.22. The van der Waals surface area contributed by atoms with Gasteiger partial charge in [0.05, 0.1) is 13.5 Å². The fraction of sp³-hybridized carbons (Fsp3) is 0.400. The Balaban J connectivity index is 3.14. The van der Waals surface area contributed by atoms with E-state index in [2.05, 4.69) is 9.72 Å². The first-order valence-electron chi connectivity index (χ1n) is 4.46. The molecule has 0 aliphatic carbocycles. The third-order valence-electron chi connectivity index (χ3n) is 2.03. The molecule has 0 N–H and O–H groups in total. The van der Waals surface area contributed by atoms with Crippen LogP contribution in [0.1, 0.15) is 23.2 Å². The predicted octanol–water partition coefficient (Wildman–Crippen LogP) is 2.18. The third-order valence-corrected chi connectivity index (χ3v) is 2.03. The lowest BCUT2D eigenvalue weighted by atomic mass is 10.1. The number of ether oxygens (including phenoxy) is 1. The minimum Gasteiger partial charge on any atom is -0.469 e. The number of hydrogen-bond acceptors (Lipinski definition) is 3. The molecule has 16 heavy (non-hydrogen) atoms. The molecular weight excluding hydrogens is 223 g/mol. The Bertz CT molecular complexity index is 407. The minimum atomic E-state index is -2.92. The molecule has 0 spiro atoms.